The molecule has 0 unspecified atom stereocenters. The lowest BCUT2D eigenvalue weighted by Gasteiger charge is -2.19. The molecule has 0 aliphatic carbocycles. The topological polar surface area (TPSA) is 61.8 Å². The van der Waals surface area contributed by atoms with Gasteiger partial charge in [-0.2, -0.15) is 0 Å². The SMILES string of the molecule is CCn1c(=O)c2c(ncn2Cc2ccc(C(C)(C)C)cc2)n(-c2ccccc2C)c1=O. The Morgan fingerprint density at radius 3 is 2.26 bits per heavy atom. The van der Waals surface area contributed by atoms with Gasteiger partial charge in [-0.25, -0.2) is 14.3 Å². The second kappa shape index (κ2) is 7.69. The van der Waals surface area contributed by atoms with Crippen molar-refractivity contribution in [2.75, 3.05) is 0 Å². The van der Waals surface area contributed by atoms with Gasteiger partial charge < -0.3 is 4.57 Å². The van der Waals surface area contributed by atoms with Gasteiger partial charge in [-0.05, 0) is 42.0 Å². The summed E-state index contributed by atoms with van der Waals surface area (Å²) in [5.74, 6) is 0. The van der Waals surface area contributed by atoms with Crippen LogP contribution in [0.5, 0.6) is 0 Å². The number of benzene rings is 2. The number of fused-ring (bicyclic) bond motifs is 1. The van der Waals surface area contributed by atoms with Gasteiger partial charge in [0.05, 0.1) is 12.0 Å². The van der Waals surface area contributed by atoms with Crippen molar-refractivity contribution >= 4 is 11.2 Å². The molecule has 0 spiro atoms. The van der Waals surface area contributed by atoms with Crippen LogP contribution in [0.4, 0.5) is 0 Å². The zero-order valence-electron chi connectivity index (χ0n) is 18.7. The van der Waals surface area contributed by atoms with Gasteiger partial charge >= 0.3 is 5.69 Å². The molecule has 0 fully saturated rings. The van der Waals surface area contributed by atoms with E-state index in [2.05, 4.69) is 50.0 Å². The van der Waals surface area contributed by atoms with Crippen LogP contribution in [0.15, 0.2) is 64.4 Å². The second-order valence-corrected chi connectivity index (χ2v) is 8.95. The number of nitrogens with zero attached hydrogens (tertiary/aromatic N) is 4. The third-order valence-corrected chi connectivity index (χ3v) is 5.75. The molecule has 0 atom stereocenters. The van der Waals surface area contributed by atoms with Crippen LogP contribution in [0.25, 0.3) is 16.9 Å². The van der Waals surface area contributed by atoms with Crippen LogP contribution >= 0.6 is 0 Å². The van der Waals surface area contributed by atoms with E-state index in [-0.39, 0.29) is 16.7 Å². The monoisotopic (exact) mass is 416 g/mol. The Kier molecular flexibility index (Phi) is 5.17. The molecule has 0 amide bonds. The molecule has 31 heavy (non-hydrogen) atoms. The maximum Gasteiger partial charge on any atom is 0.337 e. The van der Waals surface area contributed by atoms with Crippen LogP contribution in [0.2, 0.25) is 0 Å². The van der Waals surface area contributed by atoms with E-state index in [9.17, 15) is 9.59 Å². The molecule has 6 nitrogen and oxygen atoms in total. The highest BCUT2D eigenvalue weighted by Crippen LogP contribution is 2.23. The highest BCUT2D eigenvalue weighted by molar-refractivity contribution is 5.73. The maximum absolute atomic E-state index is 13.2. The Labute approximate surface area is 181 Å². The molecule has 4 aromatic rings. The summed E-state index contributed by atoms with van der Waals surface area (Å²) in [5, 5.41) is 0. The van der Waals surface area contributed by atoms with E-state index in [1.807, 2.05) is 42.7 Å². The molecule has 2 heterocycles. The van der Waals surface area contributed by atoms with E-state index >= 15 is 0 Å². The summed E-state index contributed by atoms with van der Waals surface area (Å²) in [6.07, 6.45) is 1.65. The number of rotatable bonds is 4. The van der Waals surface area contributed by atoms with Crippen LogP contribution in [0.1, 0.15) is 44.4 Å². The molecule has 4 rings (SSSR count). The standard InChI is InChI=1S/C25H28N4O2/c1-6-28-23(30)21-22(29(24(28)31)20-10-8-7-9-17(20)2)26-16-27(21)15-18-11-13-19(14-12-18)25(3,4)5/h7-14,16H,6,15H2,1-5H3. The summed E-state index contributed by atoms with van der Waals surface area (Å²) < 4.78 is 4.66. The van der Waals surface area contributed by atoms with Crippen molar-refractivity contribution in [1.82, 2.24) is 18.7 Å². The van der Waals surface area contributed by atoms with Gasteiger partial charge in [0.1, 0.15) is 0 Å². The number of hydrogen-bond donors (Lipinski definition) is 0. The van der Waals surface area contributed by atoms with Crippen molar-refractivity contribution < 1.29 is 0 Å². The molecular weight excluding hydrogens is 388 g/mol. The van der Waals surface area contributed by atoms with Gasteiger partial charge in [-0.3, -0.25) is 9.36 Å². The summed E-state index contributed by atoms with van der Waals surface area (Å²) in [4.78, 5) is 30.9. The lowest BCUT2D eigenvalue weighted by molar-refractivity contribution is 0.590. The van der Waals surface area contributed by atoms with Crippen LogP contribution in [-0.4, -0.2) is 18.7 Å². The van der Waals surface area contributed by atoms with Crippen molar-refractivity contribution in [3.05, 3.63) is 92.4 Å². The van der Waals surface area contributed by atoms with Gasteiger partial charge in [0, 0.05) is 13.1 Å². The highest BCUT2D eigenvalue weighted by Gasteiger charge is 2.20. The van der Waals surface area contributed by atoms with Crippen molar-refractivity contribution in [3.8, 4) is 5.69 Å². The smallest absolute Gasteiger partial charge is 0.320 e. The molecule has 0 saturated heterocycles. The Morgan fingerprint density at radius 1 is 0.968 bits per heavy atom. The molecular formula is C25H28N4O2. The molecule has 160 valence electrons. The molecule has 0 saturated carbocycles. The van der Waals surface area contributed by atoms with E-state index in [0.29, 0.717) is 24.3 Å². The number of para-hydroxylation sites is 1. The summed E-state index contributed by atoms with van der Waals surface area (Å²) in [6, 6.07) is 16.1. The normalized spacial score (nSPS) is 11.9. The minimum absolute atomic E-state index is 0.0820. The molecule has 0 aliphatic heterocycles. The fourth-order valence-corrected chi connectivity index (χ4v) is 3.92. The Bertz CT molecular complexity index is 1370. The van der Waals surface area contributed by atoms with Crippen LogP contribution in [0, 0.1) is 6.92 Å². The molecule has 0 N–H and O–H groups in total. The fraction of sp³-hybridized carbons (Fsp3) is 0.320. The first-order chi connectivity index (χ1) is 14.7. The fourth-order valence-electron chi connectivity index (χ4n) is 3.92. The number of aromatic nitrogens is 4. The molecule has 0 bridgehead atoms. The highest BCUT2D eigenvalue weighted by atomic mass is 16.2. The van der Waals surface area contributed by atoms with Crippen LogP contribution in [-0.2, 0) is 18.5 Å². The maximum atomic E-state index is 13.2. The zero-order chi connectivity index (χ0) is 22.3. The lowest BCUT2D eigenvalue weighted by Crippen LogP contribution is -2.39. The number of hydrogen-bond acceptors (Lipinski definition) is 3. The summed E-state index contributed by atoms with van der Waals surface area (Å²) in [5.41, 5.74) is 4.24. The average molecular weight is 417 g/mol. The largest absolute Gasteiger partial charge is 0.337 e. The van der Waals surface area contributed by atoms with Gasteiger partial charge in [-0.15, -0.1) is 0 Å². The minimum atomic E-state index is -0.367. The molecule has 2 aromatic heterocycles. The molecule has 0 aliphatic rings. The van der Waals surface area contributed by atoms with E-state index in [0.717, 1.165) is 16.8 Å². The third kappa shape index (κ3) is 3.63. The zero-order valence-corrected chi connectivity index (χ0v) is 18.7. The van der Waals surface area contributed by atoms with Gasteiger partial charge in [0.2, 0.25) is 0 Å². The summed E-state index contributed by atoms with van der Waals surface area (Å²) >= 11 is 0. The Balaban J connectivity index is 1.90. The lowest BCUT2D eigenvalue weighted by atomic mass is 9.87. The van der Waals surface area contributed by atoms with E-state index in [1.165, 1.54) is 10.1 Å². The second-order valence-electron chi connectivity index (χ2n) is 8.95. The predicted molar refractivity (Wildman–Crippen MR) is 124 cm³/mol. The predicted octanol–water partition coefficient (Wildman–Crippen LogP) is 4.02. The van der Waals surface area contributed by atoms with Crippen LogP contribution < -0.4 is 11.2 Å². The number of aryl methyl sites for hydroxylation is 1. The van der Waals surface area contributed by atoms with E-state index < -0.39 is 0 Å². The minimum Gasteiger partial charge on any atom is -0.320 e. The third-order valence-electron chi connectivity index (χ3n) is 5.75. The van der Waals surface area contributed by atoms with Gasteiger partial charge in [0.15, 0.2) is 11.2 Å². The molecule has 0 radical (unpaired) electrons. The molecule has 2 aromatic carbocycles. The first-order valence-electron chi connectivity index (χ1n) is 10.6. The summed E-state index contributed by atoms with van der Waals surface area (Å²) in [6.45, 7) is 11.1. The quantitative estimate of drug-likeness (QED) is 0.505. The summed E-state index contributed by atoms with van der Waals surface area (Å²) in [7, 11) is 0. The van der Waals surface area contributed by atoms with Crippen molar-refractivity contribution in [3.63, 3.8) is 0 Å². The average Bonchev–Trinajstić information content (AvgIpc) is 3.13. The van der Waals surface area contributed by atoms with Crippen LogP contribution in [0.3, 0.4) is 0 Å². The van der Waals surface area contributed by atoms with E-state index in [1.54, 1.807) is 10.9 Å². The first kappa shape index (κ1) is 20.8. The first-order valence-corrected chi connectivity index (χ1v) is 10.6. The van der Waals surface area contributed by atoms with Crippen molar-refractivity contribution in [1.29, 1.82) is 0 Å². The number of imidazole rings is 1. The van der Waals surface area contributed by atoms with Crippen molar-refractivity contribution in [2.24, 2.45) is 0 Å². The van der Waals surface area contributed by atoms with Gasteiger partial charge in [-0.1, -0.05) is 63.2 Å². The van der Waals surface area contributed by atoms with Gasteiger partial charge in [0.25, 0.3) is 5.56 Å². The van der Waals surface area contributed by atoms with Crippen molar-refractivity contribution in [2.45, 2.75) is 53.1 Å². The van der Waals surface area contributed by atoms with E-state index in [4.69, 9.17) is 0 Å². The Morgan fingerprint density at radius 2 is 1.65 bits per heavy atom. The molecule has 6 heteroatoms. The Hall–Kier alpha value is -3.41.